The molecule has 0 fully saturated rings. The van der Waals surface area contributed by atoms with Crippen LogP contribution in [0.1, 0.15) is 27.0 Å². The lowest BCUT2D eigenvalue weighted by atomic mass is 10.2. The number of pyridine rings is 1. The van der Waals surface area contributed by atoms with Crippen LogP contribution in [0.5, 0.6) is 0 Å². The molecule has 0 unspecified atom stereocenters. The Morgan fingerprint density at radius 3 is 2.72 bits per heavy atom. The van der Waals surface area contributed by atoms with Crippen molar-refractivity contribution in [2.24, 2.45) is 0 Å². The molecule has 0 saturated heterocycles. The number of amides is 1. The smallest absolute Gasteiger partial charge is 0.253 e. The van der Waals surface area contributed by atoms with Gasteiger partial charge in [0.15, 0.2) is 0 Å². The number of thiophene rings is 1. The van der Waals surface area contributed by atoms with Crippen LogP contribution < -0.4 is 5.32 Å². The molecule has 0 spiro atoms. The van der Waals surface area contributed by atoms with Crippen LogP contribution in [-0.2, 0) is 13.0 Å². The van der Waals surface area contributed by atoms with Crippen molar-refractivity contribution < 1.29 is 4.79 Å². The molecule has 0 aliphatic heterocycles. The SMILES string of the molecule is CCc1ccc(CNC(=O)c2ccc(Cl)nc2)s1. The van der Waals surface area contributed by atoms with Gasteiger partial charge in [0.2, 0.25) is 0 Å². The molecule has 0 bridgehead atoms. The summed E-state index contributed by atoms with van der Waals surface area (Å²) in [6, 6.07) is 7.41. The van der Waals surface area contributed by atoms with E-state index in [1.54, 1.807) is 23.5 Å². The Bertz CT molecular complexity index is 536. The second-order valence-electron chi connectivity index (χ2n) is 3.77. The van der Waals surface area contributed by atoms with Gasteiger partial charge in [-0.1, -0.05) is 18.5 Å². The molecule has 0 radical (unpaired) electrons. The number of halogens is 1. The Kier molecular flexibility index (Phi) is 4.33. The van der Waals surface area contributed by atoms with Gasteiger partial charge >= 0.3 is 0 Å². The fraction of sp³-hybridized carbons (Fsp3) is 0.231. The predicted molar refractivity (Wildman–Crippen MR) is 74.1 cm³/mol. The molecule has 2 heterocycles. The Morgan fingerprint density at radius 1 is 1.33 bits per heavy atom. The maximum absolute atomic E-state index is 11.8. The monoisotopic (exact) mass is 280 g/mol. The Hall–Kier alpha value is -1.39. The molecule has 2 aromatic rings. The highest BCUT2D eigenvalue weighted by Crippen LogP contribution is 2.16. The van der Waals surface area contributed by atoms with E-state index < -0.39 is 0 Å². The number of carbonyl (C=O) groups is 1. The van der Waals surface area contributed by atoms with Gasteiger partial charge in [0.05, 0.1) is 12.1 Å². The van der Waals surface area contributed by atoms with Crippen LogP contribution in [0.4, 0.5) is 0 Å². The third-order valence-corrected chi connectivity index (χ3v) is 3.93. The van der Waals surface area contributed by atoms with Crippen molar-refractivity contribution >= 4 is 28.8 Å². The van der Waals surface area contributed by atoms with Gasteiger partial charge in [-0.05, 0) is 30.7 Å². The summed E-state index contributed by atoms with van der Waals surface area (Å²) in [5.74, 6) is -0.134. The van der Waals surface area contributed by atoms with E-state index in [1.807, 2.05) is 6.07 Å². The second kappa shape index (κ2) is 5.98. The average Bonchev–Trinajstić information content (AvgIpc) is 2.85. The molecule has 2 aromatic heterocycles. The van der Waals surface area contributed by atoms with Gasteiger partial charge in [-0.25, -0.2) is 4.98 Å². The van der Waals surface area contributed by atoms with E-state index in [0.717, 1.165) is 11.3 Å². The van der Waals surface area contributed by atoms with Crippen LogP contribution in [-0.4, -0.2) is 10.9 Å². The van der Waals surface area contributed by atoms with Crippen LogP contribution >= 0.6 is 22.9 Å². The van der Waals surface area contributed by atoms with Gasteiger partial charge in [0, 0.05) is 16.0 Å². The standard InChI is InChI=1S/C13H13ClN2OS/c1-2-10-4-5-11(18-10)8-16-13(17)9-3-6-12(14)15-7-9/h3-7H,2,8H2,1H3,(H,16,17). The third-order valence-electron chi connectivity index (χ3n) is 2.48. The second-order valence-corrected chi connectivity index (χ2v) is 5.41. The lowest BCUT2D eigenvalue weighted by molar-refractivity contribution is 0.0951. The molecule has 0 atom stereocenters. The molecule has 2 rings (SSSR count). The summed E-state index contributed by atoms with van der Waals surface area (Å²) in [5.41, 5.74) is 0.520. The summed E-state index contributed by atoms with van der Waals surface area (Å²) < 4.78 is 0. The molecule has 94 valence electrons. The number of aromatic nitrogens is 1. The zero-order valence-electron chi connectivity index (χ0n) is 9.94. The Labute approximate surface area is 115 Å². The van der Waals surface area contributed by atoms with Crippen molar-refractivity contribution in [2.45, 2.75) is 19.9 Å². The van der Waals surface area contributed by atoms with E-state index in [1.165, 1.54) is 11.1 Å². The van der Waals surface area contributed by atoms with Crippen molar-refractivity contribution in [3.63, 3.8) is 0 Å². The summed E-state index contributed by atoms with van der Waals surface area (Å²) >= 11 is 7.39. The van der Waals surface area contributed by atoms with Crippen molar-refractivity contribution in [3.05, 3.63) is 50.9 Å². The molecule has 1 N–H and O–H groups in total. The zero-order valence-corrected chi connectivity index (χ0v) is 11.5. The molecule has 3 nitrogen and oxygen atoms in total. The van der Waals surface area contributed by atoms with Crippen LogP contribution in [0.25, 0.3) is 0 Å². The number of nitrogens with zero attached hydrogens (tertiary/aromatic N) is 1. The fourth-order valence-corrected chi connectivity index (χ4v) is 2.50. The number of hydrogen-bond acceptors (Lipinski definition) is 3. The number of hydrogen-bond donors (Lipinski definition) is 1. The van der Waals surface area contributed by atoms with Crippen LogP contribution in [0.3, 0.4) is 0 Å². The highest BCUT2D eigenvalue weighted by molar-refractivity contribution is 7.11. The summed E-state index contributed by atoms with van der Waals surface area (Å²) in [6.07, 6.45) is 2.50. The first kappa shape index (κ1) is 13.1. The first-order valence-corrected chi connectivity index (χ1v) is 6.86. The van der Waals surface area contributed by atoms with E-state index in [4.69, 9.17) is 11.6 Å². The number of aryl methyl sites for hydroxylation is 1. The quantitative estimate of drug-likeness (QED) is 0.873. The Morgan fingerprint density at radius 2 is 2.11 bits per heavy atom. The minimum Gasteiger partial charge on any atom is -0.347 e. The van der Waals surface area contributed by atoms with Crippen molar-refractivity contribution in [1.82, 2.24) is 10.3 Å². The van der Waals surface area contributed by atoms with E-state index >= 15 is 0 Å². The zero-order chi connectivity index (χ0) is 13.0. The van der Waals surface area contributed by atoms with Gasteiger partial charge in [-0.2, -0.15) is 0 Å². The summed E-state index contributed by atoms with van der Waals surface area (Å²) in [7, 11) is 0. The minimum absolute atomic E-state index is 0.134. The molecule has 0 saturated carbocycles. The molecule has 1 amide bonds. The van der Waals surface area contributed by atoms with Gasteiger partial charge in [-0.15, -0.1) is 11.3 Å². The van der Waals surface area contributed by atoms with Crippen LogP contribution in [0, 0.1) is 0 Å². The summed E-state index contributed by atoms with van der Waals surface area (Å²) in [5, 5.41) is 3.25. The molecule has 0 aliphatic rings. The van der Waals surface area contributed by atoms with E-state index in [2.05, 4.69) is 23.3 Å². The largest absolute Gasteiger partial charge is 0.347 e. The van der Waals surface area contributed by atoms with E-state index in [9.17, 15) is 4.79 Å². The normalized spacial score (nSPS) is 10.3. The summed E-state index contributed by atoms with van der Waals surface area (Å²) in [6.45, 7) is 2.67. The lowest BCUT2D eigenvalue weighted by Gasteiger charge is -2.03. The highest BCUT2D eigenvalue weighted by Gasteiger charge is 2.06. The molecule has 0 aromatic carbocycles. The average molecular weight is 281 g/mol. The maximum Gasteiger partial charge on any atom is 0.253 e. The van der Waals surface area contributed by atoms with Gasteiger partial charge < -0.3 is 5.32 Å². The Balaban J connectivity index is 1.93. The fourth-order valence-electron chi connectivity index (χ4n) is 1.49. The number of carbonyl (C=O) groups excluding carboxylic acids is 1. The topological polar surface area (TPSA) is 42.0 Å². The van der Waals surface area contributed by atoms with Crippen molar-refractivity contribution in [1.29, 1.82) is 0 Å². The van der Waals surface area contributed by atoms with E-state index in [-0.39, 0.29) is 5.91 Å². The first-order valence-electron chi connectivity index (χ1n) is 5.66. The summed E-state index contributed by atoms with van der Waals surface area (Å²) in [4.78, 5) is 18.2. The molecule has 5 heteroatoms. The van der Waals surface area contributed by atoms with Gasteiger partial charge in [-0.3, -0.25) is 4.79 Å². The molecular formula is C13H13ClN2OS. The van der Waals surface area contributed by atoms with Crippen molar-refractivity contribution in [2.75, 3.05) is 0 Å². The lowest BCUT2D eigenvalue weighted by Crippen LogP contribution is -2.22. The van der Waals surface area contributed by atoms with Crippen LogP contribution in [0.15, 0.2) is 30.5 Å². The minimum atomic E-state index is -0.134. The highest BCUT2D eigenvalue weighted by atomic mass is 35.5. The number of rotatable bonds is 4. The third kappa shape index (κ3) is 3.31. The van der Waals surface area contributed by atoms with Crippen molar-refractivity contribution in [3.8, 4) is 0 Å². The van der Waals surface area contributed by atoms with E-state index in [0.29, 0.717) is 17.3 Å². The predicted octanol–water partition coefficient (Wildman–Crippen LogP) is 3.29. The molecule has 0 aliphatic carbocycles. The number of nitrogens with one attached hydrogen (secondary N) is 1. The maximum atomic E-state index is 11.8. The molecular weight excluding hydrogens is 268 g/mol. The van der Waals surface area contributed by atoms with Gasteiger partial charge in [0.1, 0.15) is 5.15 Å². The molecule has 18 heavy (non-hydrogen) atoms. The van der Waals surface area contributed by atoms with Gasteiger partial charge in [0.25, 0.3) is 5.91 Å². The van der Waals surface area contributed by atoms with Crippen LogP contribution in [0.2, 0.25) is 5.15 Å². The first-order chi connectivity index (χ1) is 8.69.